The van der Waals surface area contributed by atoms with E-state index in [9.17, 15) is 19.2 Å². The number of Topliss-reactive ketones (excluding diaryl/α,β-unsaturated/α-hetero) is 2. The lowest BCUT2D eigenvalue weighted by molar-refractivity contribution is -0.143. The number of fused-ring (bicyclic) bond motifs is 2. The number of hydrogen-bond acceptors (Lipinski definition) is 11. The number of H-pyrrole nitrogens is 1. The Morgan fingerprint density at radius 1 is 0.623 bits per heavy atom. The molecule has 0 saturated carbocycles. The van der Waals surface area contributed by atoms with Gasteiger partial charge in [-0.05, 0) is 84.7 Å². The Kier molecular flexibility index (Phi) is 19.4. The fourth-order valence-corrected chi connectivity index (χ4v) is 10.2. The van der Waals surface area contributed by atoms with Gasteiger partial charge in [-0.25, -0.2) is 4.79 Å². The molecular formula is C60H68N8O9. The van der Waals surface area contributed by atoms with Crippen LogP contribution in [0.25, 0.3) is 10.9 Å². The van der Waals surface area contributed by atoms with Crippen LogP contribution in [0.5, 0.6) is 5.75 Å². The van der Waals surface area contributed by atoms with E-state index in [-0.39, 0.29) is 64.6 Å². The first kappa shape index (κ1) is 55.1. The van der Waals surface area contributed by atoms with Gasteiger partial charge in [0.05, 0.1) is 12.6 Å². The summed E-state index contributed by atoms with van der Waals surface area (Å²) in [6.45, 7) is 0.722. The third-order valence-electron chi connectivity index (χ3n) is 14.3. The van der Waals surface area contributed by atoms with Crippen LogP contribution in [0, 0.1) is 11.8 Å². The van der Waals surface area contributed by atoms with E-state index in [1.807, 2.05) is 84.9 Å². The summed E-state index contributed by atoms with van der Waals surface area (Å²) < 4.78 is 11.8. The maximum atomic E-state index is 15.3. The third kappa shape index (κ3) is 15.0. The largest absolute Gasteiger partial charge is 0.489 e. The molecule has 2 aliphatic heterocycles. The normalized spacial score (nSPS) is 21.8. The van der Waals surface area contributed by atoms with Gasteiger partial charge in [0.1, 0.15) is 36.6 Å². The fraction of sp³-hybridized carbons (Fsp3) is 0.350. The van der Waals surface area contributed by atoms with Crippen molar-refractivity contribution in [2.24, 2.45) is 23.3 Å². The molecule has 6 aromatic rings. The van der Waals surface area contributed by atoms with Crippen molar-refractivity contribution in [1.29, 1.82) is 0 Å². The van der Waals surface area contributed by atoms with Crippen molar-refractivity contribution in [3.63, 3.8) is 0 Å². The summed E-state index contributed by atoms with van der Waals surface area (Å²) in [4.78, 5) is 108. The van der Waals surface area contributed by atoms with Crippen molar-refractivity contribution in [2.45, 2.75) is 94.7 Å². The molecule has 77 heavy (non-hydrogen) atoms. The minimum atomic E-state index is -1.29. The number of aromatic amines is 1. The van der Waals surface area contributed by atoms with Crippen LogP contribution in [0.3, 0.4) is 0 Å². The van der Waals surface area contributed by atoms with Gasteiger partial charge in [0.25, 0.3) is 0 Å². The van der Waals surface area contributed by atoms with Crippen LogP contribution in [0.1, 0.15) is 72.4 Å². The number of amides is 5. The van der Waals surface area contributed by atoms with Gasteiger partial charge in [-0.15, -0.1) is 0 Å². The van der Waals surface area contributed by atoms with Gasteiger partial charge >= 0.3 is 6.09 Å². The second kappa shape index (κ2) is 27.1. The van der Waals surface area contributed by atoms with Crippen molar-refractivity contribution in [2.75, 3.05) is 26.2 Å². The highest BCUT2D eigenvalue weighted by Crippen LogP contribution is 2.29. The van der Waals surface area contributed by atoms with E-state index in [2.05, 4.69) is 26.3 Å². The smallest absolute Gasteiger partial charge is 0.407 e. The maximum Gasteiger partial charge on any atom is 0.407 e. The number of benzene rings is 5. The van der Waals surface area contributed by atoms with Crippen LogP contribution in [0.2, 0.25) is 0 Å². The molecule has 2 saturated heterocycles. The number of ether oxygens (including phenoxy) is 2. The molecule has 8 rings (SSSR count). The monoisotopic (exact) mass is 1040 g/mol. The van der Waals surface area contributed by atoms with Crippen LogP contribution in [0.4, 0.5) is 4.79 Å². The lowest BCUT2D eigenvalue weighted by Crippen LogP contribution is -2.56. The Morgan fingerprint density at radius 2 is 1.25 bits per heavy atom. The zero-order chi connectivity index (χ0) is 54.1. The van der Waals surface area contributed by atoms with Crippen molar-refractivity contribution in [1.82, 2.24) is 31.2 Å². The molecule has 1 aromatic heterocycles. The third-order valence-corrected chi connectivity index (χ3v) is 14.3. The molecule has 0 unspecified atom stereocenters. The SMILES string of the molecule is NCCCC[C@@H]1NC(=O)[C@@H](Cc2c[nH]c3ccccc23)CC(=O)[C@H](c2ccccc2)NC(=O)[C@@H]2C[C@@H](OC(=O)NCCN)CN2C(=O)[C@H](Cc2ccccc2)NC(=O)[C@H](Cc2ccc(OCc3ccccc3)cc2)CC1=O. The number of nitrogens with two attached hydrogens (primary N) is 2. The van der Waals surface area contributed by atoms with E-state index >= 15 is 14.4 Å². The lowest BCUT2D eigenvalue weighted by atomic mass is 9.87. The number of unbranched alkanes of at least 4 members (excludes halogenated alkanes) is 1. The van der Waals surface area contributed by atoms with E-state index in [0.717, 1.165) is 22.0 Å². The number of nitrogens with zero attached hydrogens (tertiary/aromatic N) is 1. The molecule has 402 valence electrons. The maximum absolute atomic E-state index is 15.3. The minimum Gasteiger partial charge on any atom is -0.489 e. The molecule has 7 atom stereocenters. The second-order valence-corrected chi connectivity index (χ2v) is 19.9. The average Bonchev–Trinajstić information content (AvgIpc) is 4.08. The molecule has 5 amide bonds. The molecule has 17 heteroatoms. The van der Waals surface area contributed by atoms with Crippen LogP contribution >= 0.6 is 0 Å². The number of ketones is 2. The van der Waals surface area contributed by atoms with Gasteiger partial charge in [-0.2, -0.15) is 0 Å². The number of alkyl carbamates (subject to hydrolysis) is 1. The average molecular weight is 1050 g/mol. The van der Waals surface area contributed by atoms with Gasteiger partial charge in [0.2, 0.25) is 23.6 Å². The summed E-state index contributed by atoms with van der Waals surface area (Å²) in [5.41, 5.74) is 16.0. The number of para-hydroxylation sites is 1. The molecule has 5 aromatic carbocycles. The Labute approximate surface area is 448 Å². The van der Waals surface area contributed by atoms with E-state index in [4.69, 9.17) is 20.9 Å². The quantitative estimate of drug-likeness (QED) is 0.0558. The molecule has 9 N–H and O–H groups in total. The number of carbonyl (C=O) groups excluding carboxylic acids is 7. The standard InChI is InChI=1S/C60H68N8O9/c61-27-13-12-22-50-53(69)33-43(30-40-23-25-46(26-24-40)76-38-41-16-6-2-7-17-41)56(71)66-51(31-39-14-4-1-5-15-39)59(74)68-37-47(77-60(75)63-29-28-62)35-52(68)58(73)67-55(42-18-8-3-9-19-42)54(70)34-44(57(72)65-50)32-45-36-64-49-21-11-10-20-48(45)49/h1-11,14-21,23-26,36,43-44,47,50-52,55,64H,12-13,22,27-35,37-38,61-62H2,(H,63,75)(H,65,72)(H,66,71)(H,67,73)/t43-,44+,47-,50+,51+,52+,55+/m1/s1. The van der Waals surface area contributed by atoms with Gasteiger partial charge in [0.15, 0.2) is 11.6 Å². The van der Waals surface area contributed by atoms with E-state index in [1.165, 1.54) is 4.90 Å². The number of aromatic nitrogens is 1. The molecular weight excluding hydrogens is 977 g/mol. The summed E-state index contributed by atoms with van der Waals surface area (Å²) in [5, 5.41) is 12.4. The Bertz CT molecular complexity index is 2960. The zero-order valence-electron chi connectivity index (χ0n) is 43.1. The van der Waals surface area contributed by atoms with E-state index < -0.39 is 83.4 Å². The van der Waals surface area contributed by atoms with Crippen LogP contribution in [-0.2, 0) is 59.4 Å². The number of hydrogen-bond donors (Lipinski definition) is 7. The summed E-state index contributed by atoms with van der Waals surface area (Å²) in [6.07, 6.45) is 0.582. The Balaban J connectivity index is 1.19. The number of nitrogens with one attached hydrogen (secondary N) is 5. The summed E-state index contributed by atoms with van der Waals surface area (Å²) in [7, 11) is 0. The first-order valence-corrected chi connectivity index (χ1v) is 26.5. The molecule has 0 aliphatic carbocycles. The van der Waals surface area contributed by atoms with Gasteiger partial charge in [-0.1, -0.05) is 121 Å². The predicted molar refractivity (Wildman–Crippen MR) is 291 cm³/mol. The number of rotatable bonds is 17. The van der Waals surface area contributed by atoms with Crippen molar-refractivity contribution < 1.29 is 43.0 Å². The first-order chi connectivity index (χ1) is 37.5. The van der Waals surface area contributed by atoms with Gasteiger partial charge in [0, 0.05) is 67.7 Å². The Morgan fingerprint density at radius 3 is 1.95 bits per heavy atom. The van der Waals surface area contributed by atoms with Crippen molar-refractivity contribution >= 4 is 52.2 Å². The highest BCUT2D eigenvalue weighted by atomic mass is 16.6. The van der Waals surface area contributed by atoms with E-state index in [1.54, 1.807) is 60.8 Å². The van der Waals surface area contributed by atoms with Crippen molar-refractivity contribution in [3.8, 4) is 5.75 Å². The molecule has 0 radical (unpaired) electrons. The summed E-state index contributed by atoms with van der Waals surface area (Å²) in [5.74, 6) is -4.92. The van der Waals surface area contributed by atoms with Crippen LogP contribution in [0.15, 0.2) is 146 Å². The van der Waals surface area contributed by atoms with Crippen molar-refractivity contribution in [3.05, 3.63) is 174 Å². The summed E-state index contributed by atoms with van der Waals surface area (Å²) in [6, 6.07) is 37.3. The lowest BCUT2D eigenvalue weighted by Gasteiger charge is -2.31. The van der Waals surface area contributed by atoms with Gasteiger partial charge in [-0.3, -0.25) is 28.8 Å². The zero-order valence-corrected chi connectivity index (χ0v) is 43.1. The first-order valence-electron chi connectivity index (χ1n) is 26.5. The van der Waals surface area contributed by atoms with Crippen LogP contribution < -0.4 is 37.5 Å². The molecule has 17 nitrogen and oxygen atoms in total. The fourth-order valence-electron chi connectivity index (χ4n) is 10.2. The molecule has 3 heterocycles. The molecule has 2 fully saturated rings. The minimum absolute atomic E-state index is 0.00636. The summed E-state index contributed by atoms with van der Waals surface area (Å²) >= 11 is 0. The van der Waals surface area contributed by atoms with Gasteiger partial charge < -0.3 is 52.1 Å². The predicted octanol–water partition coefficient (Wildman–Crippen LogP) is 5.55. The highest BCUT2D eigenvalue weighted by Gasteiger charge is 2.45. The highest BCUT2D eigenvalue weighted by molar-refractivity contribution is 5.99. The van der Waals surface area contributed by atoms with Crippen LogP contribution in [-0.4, -0.2) is 102 Å². The molecule has 0 bridgehead atoms. The molecule has 2 aliphatic rings. The van der Waals surface area contributed by atoms with E-state index in [0.29, 0.717) is 48.4 Å². The Hall–Kier alpha value is -8.15. The molecule has 0 spiro atoms. The second-order valence-electron chi connectivity index (χ2n) is 19.9. The topological polar surface area (TPSA) is 257 Å². The number of carbonyl (C=O) groups is 7.